The van der Waals surface area contributed by atoms with Crippen LogP contribution < -0.4 is 14.8 Å². The van der Waals surface area contributed by atoms with E-state index < -0.39 is 0 Å². The van der Waals surface area contributed by atoms with E-state index in [1.165, 1.54) is 10.9 Å². The predicted molar refractivity (Wildman–Crippen MR) is 95.0 cm³/mol. The maximum Gasteiger partial charge on any atom is 0.273 e. The number of amides is 1. The van der Waals surface area contributed by atoms with Crippen LogP contribution in [0, 0.1) is 0 Å². The van der Waals surface area contributed by atoms with Crippen LogP contribution >= 0.6 is 11.6 Å². The molecule has 26 heavy (non-hydrogen) atoms. The van der Waals surface area contributed by atoms with Crippen molar-refractivity contribution in [2.24, 2.45) is 0 Å². The standard InChI is InChI=1S/C18H15ClN4O3/c19-13-5-1-2-6-15(13)23-11-14(21-22-23)18(24)20-10-12-4-3-7-16-17(12)26-9-8-25-16/h1-7,11H,8-10H2,(H,20,24). The van der Waals surface area contributed by atoms with Gasteiger partial charge in [-0.1, -0.05) is 41.1 Å². The molecule has 0 fully saturated rings. The Balaban J connectivity index is 1.47. The average molecular weight is 371 g/mol. The number of fused-ring (bicyclic) bond motifs is 1. The lowest BCUT2D eigenvalue weighted by Crippen LogP contribution is -2.24. The Morgan fingerprint density at radius 2 is 2.00 bits per heavy atom. The third-order valence-corrected chi connectivity index (χ3v) is 4.23. The minimum absolute atomic E-state index is 0.201. The second-order valence-electron chi connectivity index (χ2n) is 5.62. The average Bonchev–Trinajstić information content (AvgIpc) is 3.16. The van der Waals surface area contributed by atoms with Crippen LogP contribution in [0.5, 0.6) is 11.5 Å². The zero-order valence-electron chi connectivity index (χ0n) is 13.7. The smallest absolute Gasteiger partial charge is 0.273 e. The molecule has 1 aromatic heterocycles. The number of halogens is 1. The Bertz CT molecular complexity index is 957. The fourth-order valence-electron chi connectivity index (χ4n) is 2.66. The highest BCUT2D eigenvalue weighted by Gasteiger charge is 2.17. The Morgan fingerprint density at radius 3 is 2.88 bits per heavy atom. The number of para-hydroxylation sites is 2. The van der Waals surface area contributed by atoms with Crippen LogP contribution in [0.1, 0.15) is 16.1 Å². The molecule has 2 heterocycles. The first-order chi connectivity index (χ1) is 12.7. The molecule has 0 spiro atoms. The molecule has 1 N–H and O–H groups in total. The number of carbonyl (C=O) groups excluding carboxylic acids is 1. The van der Waals surface area contributed by atoms with Crippen LogP contribution in [0.3, 0.4) is 0 Å². The maximum atomic E-state index is 12.4. The van der Waals surface area contributed by atoms with Gasteiger partial charge < -0.3 is 14.8 Å². The maximum absolute atomic E-state index is 12.4. The number of hydrogen-bond acceptors (Lipinski definition) is 5. The molecule has 4 rings (SSSR count). The summed E-state index contributed by atoms with van der Waals surface area (Å²) in [7, 11) is 0. The van der Waals surface area contributed by atoms with Gasteiger partial charge in [-0.2, -0.15) is 0 Å². The summed E-state index contributed by atoms with van der Waals surface area (Å²) < 4.78 is 12.7. The SMILES string of the molecule is O=C(NCc1cccc2c1OCCO2)c1cn(-c2ccccc2Cl)nn1. The quantitative estimate of drug-likeness (QED) is 0.763. The van der Waals surface area contributed by atoms with Crippen LogP contribution in [0.2, 0.25) is 5.02 Å². The van der Waals surface area contributed by atoms with E-state index in [-0.39, 0.29) is 11.6 Å². The molecule has 0 atom stereocenters. The summed E-state index contributed by atoms with van der Waals surface area (Å²) in [5.41, 5.74) is 1.70. The van der Waals surface area contributed by atoms with Gasteiger partial charge in [0.25, 0.3) is 5.91 Å². The molecule has 0 saturated carbocycles. The third kappa shape index (κ3) is 3.21. The first-order valence-electron chi connectivity index (χ1n) is 8.05. The van der Waals surface area contributed by atoms with E-state index in [1.54, 1.807) is 12.1 Å². The summed E-state index contributed by atoms with van der Waals surface area (Å²) in [6, 6.07) is 12.8. The minimum atomic E-state index is -0.336. The largest absolute Gasteiger partial charge is 0.486 e. The van der Waals surface area contributed by atoms with E-state index in [0.29, 0.717) is 42.0 Å². The number of nitrogens with zero attached hydrogens (tertiary/aromatic N) is 3. The number of ether oxygens (including phenoxy) is 2. The van der Waals surface area contributed by atoms with Crippen LogP contribution in [0.4, 0.5) is 0 Å². The molecule has 0 bridgehead atoms. The summed E-state index contributed by atoms with van der Waals surface area (Å²) in [5.74, 6) is 1.02. The van der Waals surface area contributed by atoms with Gasteiger partial charge in [-0.15, -0.1) is 5.10 Å². The fourth-order valence-corrected chi connectivity index (χ4v) is 2.88. The minimum Gasteiger partial charge on any atom is -0.486 e. The normalized spacial score (nSPS) is 12.7. The van der Waals surface area contributed by atoms with E-state index >= 15 is 0 Å². The van der Waals surface area contributed by atoms with Gasteiger partial charge in [-0.3, -0.25) is 4.79 Å². The van der Waals surface area contributed by atoms with Crippen LogP contribution in [0.25, 0.3) is 5.69 Å². The molecular formula is C18H15ClN4O3. The highest BCUT2D eigenvalue weighted by Crippen LogP contribution is 2.33. The van der Waals surface area contributed by atoms with Crippen molar-refractivity contribution < 1.29 is 14.3 Å². The monoisotopic (exact) mass is 370 g/mol. The molecule has 0 unspecified atom stereocenters. The van der Waals surface area contributed by atoms with E-state index in [9.17, 15) is 4.79 Å². The Kier molecular flexibility index (Phi) is 4.45. The first-order valence-corrected chi connectivity index (χ1v) is 8.43. The van der Waals surface area contributed by atoms with Crippen molar-refractivity contribution in [3.8, 4) is 17.2 Å². The van der Waals surface area contributed by atoms with Crippen molar-refractivity contribution in [1.29, 1.82) is 0 Å². The van der Waals surface area contributed by atoms with Crippen LogP contribution in [-0.4, -0.2) is 34.1 Å². The molecule has 7 nitrogen and oxygen atoms in total. The summed E-state index contributed by atoms with van der Waals surface area (Å²) in [6.07, 6.45) is 1.54. The molecule has 8 heteroatoms. The van der Waals surface area contributed by atoms with Crippen molar-refractivity contribution in [2.75, 3.05) is 13.2 Å². The van der Waals surface area contributed by atoms with Gasteiger partial charge in [-0.25, -0.2) is 4.68 Å². The molecule has 1 aliphatic heterocycles. The summed E-state index contributed by atoms with van der Waals surface area (Å²) >= 11 is 6.14. The molecule has 1 amide bonds. The molecule has 0 saturated heterocycles. The van der Waals surface area contributed by atoms with E-state index in [0.717, 1.165) is 5.56 Å². The number of aromatic nitrogens is 3. The molecule has 3 aromatic rings. The Hall–Kier alpha value is -3.06. The summed E-state index contributed by atoms with van der Waals surface area (Å²) in [4.78, 5) is 12.4. The molecule has 0 aliphatic carbocycles. The fraction of sp³-hybridized carbons (Fsp3) is 0.167. The predicted octanol–water partition coefficient (Wildman–Crippen LogP) is 2.62. The molecule has 0 radical (unpaired) electrons. The Labute approximate surface area is 154 Å². The molecule has 1 aliphatic rings. The lowest BCUT2D eigenvalue weighted by atomic mass is 10.1. The van der Waals surface area contributed by atoms with Crippen molar-refractivity contribution >= 4 is 17.5 Å². The number of carbonyl (C=O) groups is 1. The van der Waals surface area contributed by atoms with Crippen molar-refractivity contribution in [2.45, 2.75) is 6.54 Å². The second-order valence-corrected chi connectivity index (χ2v) is 6.03. The van der Waals surface area contributed by atoms with Crippen LogP contribution in [-0.2, 0) is 6.54 Å². The zero-order valence-corrected chi connectivity index (χ0v) is 14.4. The zero-order chi connectivity index (χ0) is 17.9. The number of benzene rings is 2. The number of nitrogens with one attached hydrogen (secondary N) is 1. The number of rotatable bonds is 4. The van der Waals surface area contributed by atoms with Gasteiger partial charge in [0.05, 0.1) is 16.9 Å². The number of hydrogen-bond donors (Lipinski definition) is 1. The van der Waals surface area contributed by atoms with Gasteiger partial charge in [0, 0.05) is 12.1 Å². The molecule has 132 valence electrons. The highest BCUT2D eigenvalue weighted by atomic mass is 35.5. The third-order valence-electron chi connectivity index (χ3n) is 3.91. The van der Waals surface area contributed by atoms with E-state index in [1.807, 2.05) is 30.3 Å². The van der Waals surface area contributed by atoms with Crippen molar-refractivity contribution in [3.05, 3.63) is 64.9 Å². The summed E-state index contributed by atoms with van der Waals surface area (Å²) in [5, 5.41) is 11.2. The topological polar surface area (TPSA) is 78.3 Å². The van der Waals surface area contributed by atoms with E-state index in [4.69, 9.17) is 21.1 Å². The van der Waals surface area contributed by atoms with Gasteiger partial charge >= 0.3 is 0 Å². The first kappa shape index (κ1) is 16.4. The second kappa shape index (κ2) is 7.05. The van der Waals surface area contributed by atoms with Crippen molar-refractivity contribution in [1.82, 2.24) is 20.3 Å². The van der Waals surface area contributed by atoms with Crippen molar-refractivity contribution in [3.63, 3.8) is 0 Å². The molecule has 2 aromatic carbocycles. The van der Waals surface area contributed by atoms with Gasteiger partial charge in [-0.05, 0) is 18.2 Å². The Morgan fingerprint density at radius 1 is 1.15 bits per heavy atom. The van der Waals surface area contributed by atoms with Gasteiger partial charge in [0.15, 0.2) is 17.2 Å². The lowest BCUT2D eigenvalue weighted by Gasteiger charge is -2.20. The lowest BCUT2D eigenvalue weighted by molar-refractivity contribution is 0.0945. The van der Waals surface area contributed by atoms with Gasteiger partial charge in [0.2, 0.25) is 0 Å². The summed E-state index contributed by atoms with van der Waals surface area (Å²) in [6.45, 7) is 1.31. The molecular weight excluding hydrogens is 356 g/mol. The highest BCUT2D eigenvalue weighted by molar-refractivity contribution is 6.32. The van der Waals surface area contributed by atoms with Gasteiger partial charge in [0.1, 0.15) is 13.2 Å². The van der Waals surface area contributed by atoms with E-state index in [2.05, 4.69) is 15.6 Å². The van der Waals surface area contributed by atoms with Crippen LogP contribution in [0.15, 0.2) is 48.7 Å².